The quantitative estimate of drug-likeness (QED) is 0.700. The minimum Gasteiger partial charge on any atom is -0.381 e. The van der Waals surface area contributed by atoms with Gasteiger partial charge in [0.2, 0.25) is 5.91 Å². The van der Waals surface area contributed by atoms with Crippen molar-refractivity contribution in [2.24, 2.45) is 5.92 Å². The van der Waals surface area contributed by atoms with Crippen molar-refractivity contribution in [2.45, 2.75) is 19.0 Å². The van der Waals surface area contributed by atoms with Gasteiger partial charge in [-0.1, -0.05) is 0 Å². The Morgan fingerprint density at radius 3 is 2.60 bits per heavy atom. The van der Waals surface area contributed by atoms with Crippen LogP contribution in [0.1, 0.15) is 18.5 Å². The van der Waals surface area contributed by atoms with Crippen molar-refractivity contribution in [3.63, 3.8) is 0 Å². The molecule has 4 rings (SSSR count). The number of rotatable bonds is 4. The van der Waals surface area contributed by atoms with Gasteiger partial charge in [0.15, 0.2) is 0 Å². The van der Waals surface area contributed by atoms with Gasteiger partial charge in [-0.2, -0.15) is 18.3 Å². The molecule has 1 aliphatic rings. The summed E-state index contributed by atoms with van der Waals surface area (Å²) in [5, 5.41) is 6.80. The van der Waals surface area contributed by atoms with Gasteiger partial charge in [-0.15, -0.1) is 0 Å². The maximum Gasteiger partial charge on any atom is 0.433 e. The number of nitrogens with one attached hydrogen (secondary N) is 1. The molecule has 3 aromatic rings. The highest BCUT2D eigenvalue weighted by molar-refractivity contribution is 5.91. The molecule has 3 aromatic heterocycles. The van der Waals surface area contributed by atoms with Crippen LogP contribution in [-0.4, -0.2) is 38.9 Å². The van der Waals surface area contributed by atoms with Crippen LogP contribution in [0.2, 0.25) is 0 Å². The predicted octanol–water partition coefficient (Wildman–Crippen LogP) is 3.71. The van der Waals surface area contributed by atoms with Crippen LogP contribution in [0, 0.1) is 5.92 Å². The van der Waals surface area contributed by atoms with E-state index in [0.717, 1.165) is 10.7 Å². The van der Waals surface area contributed by atoms with Crippen LogP contribution in [0.3, 0.4) is 0 Å². The van der Waals surface area contributed by atoms with Crippen molar-refractivity contribution in [3.05, 3.63) is 54.6 Å². The summed E-state index contributed by atoms with van der Waals surface area (Å²) in [7, 11) is 0. The molecule has 0 atom stereocenters. The van der Waals surface area contributed by atoms with Gasteiger partial charge in [-0.25, -0.2) is 9.67 Å². The summed E-state index contributed by atoms with van der Waals surface area (Å²) in [6.45, 7) is 1.06. The Kier molecular flexibility index (Phi) is 5.49. The molecule has 0 aliphatic carbocycles. The number of ether oxygens (including phenoxy) is 1. The van der Waals surface area contributed by atoms with Crippen LogP contribution in [0.25, 0.3) is 16.9 Å². The van der Waals surface area contributed by atoms with E-state index in [-0.39, 0.29) is 29.0 Å². The molecular weight excluding hydrogens is 399 g/mol. The fourth-order valence-electron chi connectivity index (χ4n) is 3.21. The first-order chi connectivity index (χ1) is 14.4. The van der Waals surface area contributed by atoms with Crippen molar-refractivity contribution in [3.8, 4) is 16.9 Å². The summed E-state index contributed by atoms with van der Waals surface area (Å²) in [6, 6.07) is 7.12. The summed E-state index contributed by atoms with van der Waals surface area (Å²) in [4.78, 5) is 20.3. The fraction of sp³-hybridized carbons (Fsp3) is 0.300. The molecule has 0 unspecified atom stereocenters. The molecule has 156 valence electrons. The van der Waals surface area contributed by atoms with E-state index in [1.165, 1.54) is 30.7 Å². The van der Waals surface area contributed by atoms with Crippen LogP contribution < -0.4 is 5.32 Å². The SMILES string of the molecule is O=C(Nc1ccc(-n2nc(-c3cccnc3)cc2C(F)(F)F)cn1)C1CCOCC1. The Hall–Kier alpha value is -3.27. The third-order valence-electron chi connectivity index (χ3n) is 4.79. The Balaban J connectivity index is 1.59. The molecule has 1 saturated heterocycles. The number of hydrogen-bond donors (Lipinski definition) is 1. The second-order valence-electron chi connectivity index (χ2n) is 6.84. The smallest absolute Gasteiger partial charge is 0.381 e. The molecule has 0 radical (unpaired) electrons. The maximum atomic E-state index is 13.6. The summed E-state index contributed by atoms with van der Waals surface area (Å²) < 4.78 is 46.7. The van der Waals surface area contributed by atoms with E-state index in [1.54, 1.807) is 12.1 Å². The lowest BCUT2D eigenvalue weighted by Crippen LogP contribution is -2.28. The second kappa shape index (κ2) is 8.23. The molecule has 0 aromatic carbocycles. The van der Waals surface area contributed by atoms with Gasteiger partial charge < -0.3 is 10.1 Å². The summed E-state index contributed by atoms with van der Waals surface area (Å²) in [5.41, 5.74) is -0.189. The van der Waals surface area contributed by atoms with Gasteiger partial charge in [-0.3, -0.25) is 9.78 Å². The molecule has 1 amide bonds. The zero-order valence-electron chi connectivity index (χ0n) is 15.8. The van der Waals surface area contributed by atoms with E-state index in [9.17, 15) is 18.0 Å². The van der Waals surface area contributed by atoms with Crippen molar-refractivity contribution < 1.29 is 22.7 Å². The van der Waals surface area contributed by atoms with Crippen molar-refractivity contribution in [1.29, 1.82) is 0 Å². The first-order valence-electron chi connectivity index (χ1n) is 9.34. The molecule has 7 nitrogen and oxygen atoms in total. The molecule has 1 N–H and O–H groups in total. The first kappa shape index (κ1) is 20.0. The lowest BCUT2D eigenvalue weighted by atomic mass is 9.99. The number of carbonyl (C=O) groups is 1. The summed E-state index contributed by atoms with van der Waals surface area (Å²) in [5.74, 6) is -0.0684. The van der Waals surface area contributed by atoms with Crippen LogP contribution in [0.4, 0.5) is 19.0 Å². The zero-order chi connectivity index (χ0) is 21.1. The van der Waals surface area contributed by atoms with Gasteiger partial charge in [0.25, 0.3) is 0 Å². The van der Waals surface area contributed by atoms with Gasteiger partial charge in [0.1, 0.15) is 11.5 Å². The fourth-order valence-corrected chi connectivity index (χ4v) is 3.21. The van der Waals surface area contributed by atoms with E-state index >= 15 is 0 Å². The summed E-state index contributed by atoms with van der Waals surface area (Å²) >= 11 is 0. The number of amides is 1. The van der Waals surface area contributed by atoms with Gasteiger partial charge in [0.05, 0.1) is 17.6 Å². The molecule has 0 spiro atoms. The Morgan fingerprint density at radius 1 is 1.17 bits per heavy atom. The number of aromatic nitrogens is 4. The average molecular weight is 417 g/mol. The van der Waals surface area contributed by atoms with E-state index in [0.29, 0.717) is 31.6 Å². The maximum absolute atomic E-state index is 13.6. The first-order valence-corrected chi connectivity index (χ1v) is 9.34. The number of anilines is 1. The highest BCUT2D eigenvalue weighted by atomic mass is 19.4. The van der Waals surface area contributed by atoms with E-state index in [1.807, 2.05) is 0 Å². The molecule has 0 saturated carbocycles. The van der Waals surface area contributed by atoms with E-state index < -0.39 is 11.9 Å². The molecule has 4 heterocycles. The number of pyridine rings is 2. The molecular formula is C20H18F3N5O2. The molecule has 30 heavy (non-hydrogen) atoms. The van der Waals surface area contributed by atoms with Gasteiger partial charge >= 0.3 is 6.18 Å². The van der Waals surface area contributed by atoms with Crippen molar-refractivity contribution >= 4 is 11.7 Å². The summed E-state index contributed by atoms with van der Waals surface area (Å²) in [6.07, 6.45) is 0.868. The number of nitrogens with zero attached hydrogens (tertiary/aromatic N) is 4. The zero-order valence-corrected chi connectivity index (χ0v) is 15.8. The van der Waals surface area contributed by atoms with E-state index in [2.05, 4.69) is 20.4 Å². The Labute approximate surface area is 169 Å². The average Bonchev–Trinajstić information content (AvgIpc) is 3.22. The van der Waals surface area contributed by atoms with Crippen LogP contribution in [-0.2, 0) is 15.7 Å². The van der Waals surface area contributed by atoms with Crippen LogP contribution in [0.15, 0.2) is 48.9 Å². The normalized spacial score (nSPS) is 15.2. The predicted molar refractivity (Wildman–Crippen MR) is 102 cm³/mol. The molecule has 1 fully saturated rings. The largest absolute Gasteiger partial charge is 0.433 e. The Morgan fingerprint density at radius 2 is 1.97 bits per heavy atom. The lowest BCUT2D eigenvalue weighted by molar-refractivity contribution is -0.142. The standard InChI is InChI=1S/C20H18F3N5O2/c21-20(22,23)17-10-16(14-2-1-7-24-11-14)27-28(17)15-3-4-18(25-12-15)26-19(29)13-5-8-30-9-6-13/h1-4,7,10-13H,5-6,8-9H2,(H,25,26,29). The molecule has 1 aliphatic heterocycles. The number of alkyl halides is 3. The molecule has 0 bridgehead atoms. The van der Waals surface area contributed by atoms with Crippen LogP contribution in [0.5, 0.6) is 0 Å². The number of hydrogen-bond acceptors (Lipinski definition) is 5. The highest BCUT2D eigenvalue weighted by Crippen LogP contribution is 2.34. The minimum atomic E-state index is -4.61. The Bertz CT molecular complexity index is 1010. The monoisotopic (exact) mass is 417 g/mol. The van der Waals surface area contributed by atoms with Crippen molar-refractivity contribution in [1.82, 2.24) is 19.7 Å². The minimum absolute atomic E-state index is 0.126. The lowest BCUT2D eigenvalue weighted by Gasteiger charge is -2.21. The van der Waals surface area contributed by atoms with Gasteiger partial charge in [0, 0.05) is 37.1 Å². The third kappa shape index (κ3) is 4.33. The molecule has 10 heteroatoms. The number of halogens is 3. The van der Waals surface area contributed by atoms with Crippen LogP contribution >= 0.6 is 0 Å². The number of carbonyl (C=O) groups excluding carboxylic acids is 1. The topological polar surface area (TPSA) is 81.9 Å². The van der Waals surface area contributed by atoms with E-state index in [4.69, 9.17) is 4.74 Å². The highest BCUT2D eigenvalue weighted by Gasteiger charge is 2.36. The van der Waals surface area contributed by atoms with Gasteiger partial charge in [-0.05, 0) is 43.2 Å². The second-order valence-corrected chi connectivity index (χ2v) is 6.84. The van der Waals surface area contributed by atoms with Crippen molar-refractivity contribution in [2.75, 3.05) is 18.5 Å². The third-order valence-corrected chi connectivity index (χ3v) is 4.79.